The molecule has 2 saturated heterocycles. The number of hydrogen-bond acceptors (Lipinski definition) is 6. The summed E-state index contributed by atoms with van der Waals surface area (Å²) in [6.07, 6.45) is 3.75. The maximum absolute atomic E-state index is 11.9. The van der Waals surface area contributed by atoms with E-state index in [0.717, 1.165) is 52.3 Å². The molecule has 1 unspecified atom stereocenters. The lowest BCUT2D eigenvalue weighted by atomic mass is 10.2. The first-order valence-electron chi connectivity index (χ1n) is 7.83. The van der Waals surface area contributed by atoms with Crippen LogP contribution < -0.4 is 10.6 Å². The Morgan fingerprint density at radius 3 is 2.86 bits per heavy atom. The van der Waals surface area contributed by atoms with E-state index in [-0.39, 0.29) is 17.6 Å². The van der Waals surface area contributed by atoms with Crippen LogP contribution in [0.15, 0.2) is 11.8 Å². The molecule has 2 fully saturated rings. The molecule has 22 heavy (non-hydrogen) atoms. The molecule has 1 atom stereocenters. The van der Waals surface area contributed by atoms with Crippen LogP contribution in [-0.4, -0.2) is 69.5 Å². The fourth-order valence-electron chi connectivity index (χ4n) is 2.49. The minimum absolute atomic E-state index is 0.0972. The van der Waals surface area contributed by atoms with Crippen molar-refractivity contribution in [2.45, 2.75) is 18.9 Å². The van der Waals surface area contributed by atoms with E-state index >= 15 is 0 Å². The van der Waals surface area contributed by atoms with Crippen molar-refractivity contribution in [3.8, 4) is 6.07 Å². The van der Waals surface area contributed by atoms with Crippen molar-refractivity contribution in [1.29, 1.82) is 5.26 Å². The van der Waals surface area contributed by atoms with Gasteiger partial charge in [-0.1, -0.05) is 0 Å². The topological polar surface area (TPSA) is 86.6 Å². The third kappa shape index (κ3) is 5.64. The lowest BCUT2D eigenvalue weighted by molar-refractivity contribution is -0.117. The number of ether oxygens (including phenoxy) is 2. The Labute approximate surface area is 131 Å². The van der Waals surface area contributed by atoms with E-state index in [1.807, 2.05) is 6.07 Å². The van der Waals surface area contributed by atoms with Crippen molar-refractivity contribution >= 4 is 5.91 Å². The minimum Gasteiger partial charge on any atom is -0.387 e. The fourth-order valence-corrected chi connectivity index (χ4v) is 2.49. The summed E-state index contributed by atoms with van der Waals surface area (Å²) >= 11 is 0. The molecule has 2 rings (SSSR count). The van der Waals surface area contributed by atoms with Gasteiger partial charge in [0.05, 0.1) is 19.3 Å². The quantitative estimate of drug-likeness (QED) is 0.492. The molecule has 0 saturated carbocycles. The second kappa shape index (κ2) is 9.41. The highest BCUT2D eigenvalue weighted by Crippen LogP contribution is 2.10. The summed E-state index contributed by atoms with van der Waals surface area (Å²) in [7, 11) is 0. The largest absolute Gasteiger partial charge is 0.387 e. The molecule has 2 N–H and O–H groups in total. The summed E-state index contributed by atoms with van der Waals surface area (Å²) in [6.45, 7) is 5.99. The van der Waals surface area contributed by atoms with Gasteiger partial charge in [0.2, 0.25) is 0 Å². The zero-order valence-corrected chi connectivity index (χ0v) is 12.8. The summed E-state index contributed by atoms with van der Waals surface area (Å²) < 4.78 is 10.7. The van der Waals surface area contributed by atoms with Gasteiger partial charge < -0.3 is 20.1 Å². The summed E-state index contributed by atoms with van der Waals surface area (Å²) in [4.78, 5) is 14.2. The molecule has 1 amide bonds. The first kappa shape index (κ1) is 16.7. The van der Waals surface area contributed by atoms with Crippen molar-refractivity contribution in [2.75, 3.05) is 52.5 Å². The van der Waals surface area contributed by atoms with Gasteiger partial charge in [0, 0.05) is 45.5 Å². The maximum Gasteiger partial charge on any atom is 0.263 e. The zero-order valence-electron chi connectivity index (χ0n) is 12.8. The second-order valence-electron chi connectivity index (χ2n) is 5.42. The van der Waals surface area contributed by atoms with E-state index in [4.69, 9.17) is 14.7 Å². The number of nitriles is 1. The molecule has 0 radical (unpaired) electrons. The van der Waals surface area contributed by atoms with E-state index in [9.17, 15) is 4.79 Å². The van der Waals surface area contributed by atoms with Crippen LogP contribution >= 0.6 is 0 Å². The highest BCUT2D eigenvalue weighted by atomic mass is 16.5. The molecule has 0 aromatic rings. The number of carbonyl (C=O) groups excluding carboxylic acids is 1. The number of carbonyl (C=O) groups is 1. The van der Waals surface area contributed by atoms with Gasteiger partial charge in [-0.3, -0.25) is 9.69 Å². The Hall–Kier alpha value is -1.62. The molecule has 0 bridgehead atoms. The summed E-state index contributed by atoms with van der Waals surface area (Å²) in [5, 5.41) is 14.8. The predicted octanol–water partition coefficient (Wildman–Crippen LogP) is -0.389. The van der Waals surface area contributed by atoms with E-state index in [1.54, 1.807) is 0 Å². The van der Waals surface area contributed by atoms with Crippen LogP contribution in [0.25, 0.3) is 0 Å². The molecule has 0 aromatic heterocycles. The van der Waals surface area contributed by atoms with Crippen molar-refractivity contribution in [2.24, 2.45) is 0 Å². The van der Waals surface area contributed by atoms with Crippen LogP contribution in [0.4, 0.5) is 0 Å². The summed E-state index contributed by atoms with van der Waals surface area (Å²) in [5.74, 6) is -0.337. The van der Waals surface area contributed by atoms with Crippen molar-refractivity contribution in [3.05, 3.63) is 11.8 Å². The average Bonchev–Trinajstić information content (AvgIpc) is 3.06. The fraction of sp³-hybridized carbons (Fsp3) is 0.733. The number of rotatable bonds is 7. The van der Waals surface area contributed by atoms with E-state index in [0.29, 0.717) is 13.1 Å². The number of amides is 1. The molecule has 2 heterocycles. The van der Waals surface area contributed by atoms with Gasteiger partial charge in [-0.2, -0.15) is 5.26 Å². The zero-order chi connectivity index (χ0) is 15.6. The van der Waals surface area contributed by atoms with Gasteiger partial charge in [-0.15, -0.1) is 0 Å². The third-order valence-electron chi connectivity index (χ3n) is 3.80. The van der Waals surface area contributed by atoms with Gasteiger partial charge in [-0.05, 0) is 12.8 Å². The Morgan fingerprint density at radius 2 is 2.18 bits per heavy atom. The highest BCUT2D eigenvalue weighted by Gasteiger charge is 2.15. The lowest BCUT2D eigenvalue weighted by Gasteiger charge is -2.26. The number of nitrogens with zero attached hydrogens (tertiary/aromatic N) is 2. The van der Waals surface area contributed by atoms with Gasteiger partial charge in [0.1, 0.15) is 11.6 Å². The summed E-state index contributed by atoms with van der Waals surface area (Å²) in [6, 6.07) is 1.93. The smallest absolute Gasteiger partial charge is 0.263 e. The highest BCUT2D eigenvalue weighted by molar-refractivity contribution is 5.97. The lowest BCUT2D eigenvalue weighted by Crippen LogP contribution is -2.41. The van der Waals surface area contributed by atoms with Crippen LogP contribution in [-0.2, 0) is 14.3 Å². The van der Waals surface area contributed by atoms with Crippen molar-refractivity contribution in [1.82, 2.24) is 15.5 Å². The van der Waals surface area contributed by atoms with E-state index in [1.165, 1.54) is 6.20 Å². The number of morpholine rings is 1. The number of nitrogens with one attached hydrogen (secondary N) is 2. The molecular formula is C15H24N4O3. The third-order valence-corrected chi connectivity index (χ3v) is 3.80. The van der Waals surface area contributed by atoms with Gasteiger partial charge in [0.25, 0.3) is 5.91 Å². The molecule has 7 heteroatoms. The predicted molar refractivity (Wildman–Crippen MR) is 80.9 cm³/mol. The Balaban J connectivity index is 1.65. The molecule has 2 aliphatic heterocycles. The Morgan fingerprint density at radius 1 is 1.36 bits per heavy atom. The normalized spacial score (nSPS) is 23.0. The Bertz CT molecular complexity index is 421. The van der Waals surface area contributed by atoms with Crippen LogP contribution in [0.5, 0.6) is 0 Å². The maximum atomic E-state index is 11.9. The van der Waals surface area contributed by atoms with Crippen LogP contribution in [0.1, 0.15) is 12.8 Å². The first-order valence-corrected chi connectivity index (χ1v) is 7.83. The van der Waals surface area contributed by atoms with Crippen LogP contribution in [0, 0.1) is 11.3 Å². The molecular weight excluding hydrogens is 284 g/mol. The Kier molecular flexibility index (Phi) is 7.16. The van der Waals surface area contributed by atoms with E-state index in [2.05, 4.69) is 15.5 Å². The van der Waals surface area contributed by atoms with Gasteiger partial charge >= 0.3 is 0 Å². The first-order chi connectivity index (χ1) is 10.8. The SMILES string of the molecule is N#C/C(=C/NCC1CCCO1)C(=O)NCCN1CCOCC1. The average molecular weight is 308 g/mol. The van der Waals surface area contributed by atoms with Gasteiger partial charge in [0.15, 0.2) is 0 Å². The van der Waals surface area contributed by atoms with Crippen LogP contribution in [0.2, 0.25) is 0 Å². The molecule has 2 aliphatic rings. The number of hydrogen-bond donors (Lipinski definition) is 2. The molecule has 0 aromatic carbocycles. The monoisotopic (exact) mass is 308 g/mol. The molecule has 7 nitrogen and oxygen atoms in total. The standard InChI is InChI=1S/C15H24N4O3/c16-10-13(11-17-12-14-2-1-7-22-14)15(20)18-3-4-19-5-8-21-9-6-19/h11,14,17H,1-9,12H2,(H,18,20)/b13-11-. The minimum atomic E-state index is -0.337. The second-order valence-corrected chi connectivity index (χ2v) is 5.42. The molecule has 0 spiro atoms. The summed E-state index contributed by atoms with van der Waals surface area (Å²) in [5.41, 5.74) is 0.0972. The van der Waals surface area contributed by atoms with Gasteiger partial charge in [-0.25, -0.2) is 0 Å². The van der Waals surface area contributed by atoms with E-state index < -0.39 is 0 Å². The molecule has 122 valence electrons. The van der Waals surface area contributed by atoms with Crippen molar-refractivity contribution in [3.63, 3.8) is 0 Å². The van der Waals surface area contributed by atoms with Crippen LogP contribution in [0.3, 0.4) is 0 Å². The van der Waals surface area contributed by atoms with Crippen molar-refractivity contribution < 1.29 is 14.3 Å². The molecule has 0 aliphatic carbocycles.